The number of benzene rings is 2. The Bertz CT molecular complexity index is 1040. The quantitative estimate of drug-likeness (QED) is 0.440. The molecule has 2 saturated heterocycles. The summed E-state index contributed by atoms with van der Waals surface area (Å²) >= 11 is 0. The number of likely N-dealkylation sites (tertiary alicyclic amines) is 1. The molecule has 3 atom stereocenters. The number of nitrogens with one attached hydrogen (secondary N) is 1. The highest BCUT2D eigenvalue weighted by Crippen LogP contribution is 2.37. The molecule has 2 fully saturated rings. The highest BCUT2D eigenvalue weighted by atomic mass is 16.5. The second kappa shape index (κ2) is 10.2. The Morgan fingerprint density at radius 3 is 2.14 bits per heavy atom. The van der Waals surface area contributed by atoms with Crippen LogP contribution in [0.25, 0.3) is 0 Å². The van der Waals surface area contributed by atoms with Crippen LogP contribution in [0.3, 0.4) is 0 Å². The van der Waals surface area contributed by atoms with Crippen molar-refractivity contribution in [2.75, 3.05) is 37.6 Å². The van der Waals surface area contributed by atoms with Crippen LogP contribution in [0.4, 0.5) is 10.5 Å². The zero-order chi connectivity index (χ0) is 25.0. The largest absolute Gasteiger partial charge is 0.489 e. The number of anilines is 1. The number of hydrogen-bond acceptors (Lipinski definition) is 6. The van der Waals surface area contributed by atoms with E-state index in [1.165, 1.54) is 6.92 Å². The van der Waals surface area contributed by atoms with Crippen LogP contribution in [0.1, 0.15) is 13.3 Å². The maximum atomic E-state index is 13.8. The Morgan fingerprint density at radius 1 is 0.971 bits per heavy atom. The van der Waals surface area contributed by atoms with E-state index in [1.807, 2.05) is 36.4 Å². The average Bonchev–Trinajstić information content (AvgIpc) is 2.89. The minimum Gasteiger partial charge on any atom is -0.489 e. The predicted molar refractivity (Wildman–Crippen MR) is 127 cm³/mol. The highest BCUT2D eigenvalue weighted by molar-refractivity contribution is 5.96. The third-order valence-corrected chi connectivity index (χ3v) is 6.95. The first-order valence-electron chi connectivity index (χ1n) is 11.6. The second-order valence-corrected chi connectivity index (χ2v) is 8.97. The average molecular weight is 483 g/mol. The van der Waals surface area contributed by atoms with E-state index in [2.05, 4.69) is 4.90 Å². The highest BCUT2D eigenvalue weighted by Gasteiger charge is 2.57. The maximum Gasteiger partial charge on any atom is 0.408 e. The van der Waals surface area contributed by atoms with Crippen LogP contribution in [0, 0.1) is 5.92 Å². The van der Waals surface area contributed by atoms with Crippen LogP contribution in [-0.4, -0.2) is 82.4 Å². The molecule has 3 amide bonds. The fourth-order valence-corrected chi connectivity index (χ4v) is 5.03. The lowest BCUT2D eigenvalue weighted by atomic mass is 9.75. The van der Waals surface area contributed by atoms with Gasteiger partial charge in [0.15, 0.2) is 0 Å². The van der Waals surface area contributed by atoms with Gasteiger partial charge < -0.3 is 19.6 Å². The van der Waals surface area contributed by atoms with Crippen molar-refractivity contribution in [3.05, 3.63) is 60.7 Å². The van der Waals surface area contributed by atoms with Gasteiger partial charge in [-0.2, -0.15) is 0 Å². The van der Waals surface area contributed by atoms with E-state index in [9.17, 15) is 24.7 Å². The van der Waals surface area contributed by atoms with Gasteiger partial charge in [-0.05, 0) is 31.2 Å². The van der Waals surface area contributed by atoms with Crippen LogP contribution in [0.15, 0.2) is 60.7 Å². The number of para-hydroxylation sites is 2. The monoisotopic (exact) mass is 482 g/mol. The van der Waals surface area contributed by atoms with Gasteiger partial charge in [0.2, 0.25) is 11.8 Å². The van der Waals surface area contributed by atoms with Gasteiger partial charge in [0.25, 0.3) is 0 Å². The fourth-order valence-electron chi connectivity index (χ4n) is 5.03. The molecular weight excluding hydrogens is 452 g/mol. The van der Waals surface area contributed by atoms with Crippen LogP contribution in [0.2, 0.25) is 0 Å². The minimum absolute atomic E-state index is 0.0668. The van der Waals surface area contributed by atoms with Crippen molar-refractivity contribution in [1.29, 1.82) is 0 Å². The van der Waals surface area contributed by atoms with E-state index in [4.69, 9.17) is 4.74 Å². The number of hydrogen-bond donors (Lipinski definition) is 3. The van der Waals surface area contributed by atoms with Gasteiger partial charge in [-0.1, -0.05) is 36.4 Å². The van der Waals surface area contributed by atoms with Crippen molar-refractivity contribution in [2.24, 2.45) is 5.92 Å². The van der Waals surface area contributed by atoms with Crippen molar-refractivity contribution in [3.63, 3.8) is 0 Å². The van der Waals surface area contributed by atoms with Crippen LogP contribution < -0.4 is 15.1 Å². The minimum atomic E-state index is -1.70. The summed E-state index contributed by atoms with van der Waals surface area (Å²) in [5, 5.41) is 19.5. The summed E-state index contributed by atoms with van der Waals surface area (Å²) in [6.07, 6.45) is -1.94. The van der Waals surface area contributed by atoms with E-state index in [0.717, 1.165) is 10.6 Å². The number of nitrogens with zero attached hydrogens (tertiary/aromatic N) is 3. The number of amides is 3. The first-order valence-corrected chi connectivity index (χ1v) is 11.6. The number of carboxylic acid groups (broad SMARTS) is 1. The summed E-state index contributed by atoms with van der Waals surface area (Å²) in [4.78, 5) is 43.7. The smallest absolute Gasteiger partial charge is 0.408 e. The summed E-state index contributed by atoms with van der Waals surface area (Å²) in [6.45, 7) is 3.30. The molecule has 2 aliphatic rings. The Morgan fingerprint density at radius 2 is 1.57 bits per heavy atom. The Kier molecular flexibility index (Phi) is 7.11. The molecule has 0 bridgehead atoms. The lowest BCUT2D eigenvalue weighted by molar-refractivity contribution is -0.161. The lowest BCUT2D eigenvalue weighted by Gasteiger charge is -2.51. The molecule has 35 heavy (non-hydrogen) atoms. The molecule has 4 rings (SSSR count). The lowest BCUT2D eigenvalue weighted by Crippen LogP contribution is -2.71. The second-order valence-electron chi connectivity index (χ2n) is 8.97. The van der Waals surface area contributed by atoms with Crippen molar-refractivity contribution in [2.45, 2.75) is 25.0 Å². The molecule has 2 aromatic carbocycles. The zero-order valence-corrected chi connectivity index (χ0v) is 19.5. The number of piperazine rings is 1. The molecule has 186 valence electrons. The third-order valence-electron chi connectivity index (χ3n) is 6.95. The van der Waals surface area contributed by atoms with E-state index in [1.54, 1.807) is 34.6 Å². The summed E-state index contributed by atoms with van der Waals surface area (Å²) in [5.41, 5.74) is 0.973. The van der Waals surface area contributed by atoms with Crippen LogP contribution >= 0.6 is 0 Å². The SMILES string of the molecule is C[C@@]1(C(=O)N2CCN(c3ccccc3)CC2)[C@@H](C(=O)NO)C[C@H](Oc2ccccc2)CN1C(=O)O. The number of ether oxygens (including phenoxy) is 1. The maximum absolute atomic E-state index is 13.8. The Hall–Kier alpha value is -3.79. The van der Waals surface area contributed by atoms with Crippen LogP contribution in [0.5, 0.6) is 5.75 Å². The third kappa shape index (κ3) is 4.88. The van der Waals surface area contributed by atoms with E-state index in [-0.39, 0.29) is 13.0 Å². The van der Waals surface area contributed by atoms with Gasteiger partial charge >= 0.3 is 6.09 Å². The van der Waals surface area contributed by atoms with Gasteiger partial charge in [0.1, 0.15) is 17.4 Å². The van der Waals surface area contributed by atoms with Crippen molar-refractivity contribution in [1.82, 2.24) is 15.3 Å². The first-order chi connectivity index (χ1) is 16.8. The fraction of sp³-hybridized carbons (Fsp3) is 0.400. The Labute approximate surface area is 203 Å². The van der Waals surface area contributed by atoms with Crippen molar-refractivity contribution >= 4 is 23.6 Å². The van der Waals surface area contributed by atoms with Gasteiger partial charge in [0.05, 0.1) is 12.5 Å². The molecule has 3 N–H and O–H groups in total. The van der Waals surface area contributed by atoms with Gasteiger partial charge in [-0.3, -0.25) is 19.7 Å². The molecule has 0 aliphatic carbocycles. The molecule has 0 saturated carbocycles. The molecule has 0 unspecified atom stereocenters. The molecule has 2 aromatic rings. The standard InChI is InChI=1S/C25H30N4O6/c1-25(23(31)28-14-12-27(13-15-28)18-8-4-2-5-9-18)21(22(30)26-34)16-20(17-29(25)24(32)33)35-19-10-6-3-7-11-19/h2-11,20-21,34H,12-17H2,1H3,(H,26,30)(H,32,33)/t20-,21+,25-/m0/s1. The Balaban J connectivity index is 1.56. The molecule has 0 aromatic heterocycles. The summed E-state index contributed by atoms with van der Waals surface area (Å²) in [6, 6.07) is 18.7. The molecule has 2 aliphatic heterocycles. The molecular formula is C25H30N4O6. The molecule has 0 radical (unpaired) electrons. The van der Waals surface area contributed by atoms with Gasteiger partial charge in [-0.15, -0.1) is 0 Å². The number of piperidine rings is 1. The molecule has 0 spiro atoms. The number of rotatable bonds is 5. The predicted octanol–water partition coefficient (Wildman–Crippen LogP) is 2.05. The normalized spacial score (nSPS) is 24.6. The van der Waals surface area contributed by atoms with Crippen molar-refractivity contribution < 1.29 is 29.4 Å². The van der Waals surface area contributed by atoms with E-state index >= 15 is 0 Å². The van der Waals surface area contributed by atoms with Gasteiger partial charge in [-0.25, -0.2) is 10.3 Å². The number of carbonyl (C=O) groups excluding carboxylic acids is 2. The molecule has 10 heteroatoms. The van der Waals surface area contributed by atoms with Gasteiger partial charge in [0, 0.05) is 38.3 Å². The zero-order valence-electron chi connectivity index (χ0n) is 19.5. The van der Waals surface area contributed by atoms with E-state index < -0.39 is 35.5 Å². The number of carbonyl (C=O) groups is 3. The van der Waals surface area contributed by atoms with Crippen LogP contribution in [-0.2, 0) is 9.59 Å². The number of hydroxylamine groups is 1. The summed E-state index contributed by atoms with van der Waals surface area (Å²) in [5.74, 6) is -1.90. The summed E-state index contributed by atoms with van der Waals surface area (Å²) in [7, 11) is 0. The summed E-state index contributed by atoms with van der Waals surface area (Å²) < 4.78 is 5.94. The van der Waals surface area contributed by atoms with Crippen molar-refractivity contribution in [3.8, 4) is 5.75 Å². The topological polar surface area (TPSA) is 123 Å². The van der Waals surface area contributed by atoms with E-state index in [0.29, 0.717) is 31.9 Å². The first kappa shape index (κ1) is 24.3. The molecule has 2 heterocycles. The molecule has 10 nitrogen and oxygen atoms in total.